The molecule has 0 saturated heterocycles. The van der Waals surface area contributed by atoms with Crippen LogP contribution in [0.3, 0.4) is 0 Å². The maximum Gasteiger partial charge on any atom is 0.255 e. The normalized spacial score (nSPS) is 15.8. The van der Waals surface area contributed by atoms with E-state index in [-0.39, 0.29) is 21.5 Å². The third-order valence-electron chi connectivity index (χ3n) is 4.76. The highest BCUT2D eigenvalue weighted by Crippen LogP contribution is 2.25. The van der Waals surface area contributed by atoms with Crippen molar-refractivity contribution in [3.63, 3.8) is 0 Å². The number of rotatable bonds is 5. The lowest BCUT2D eigenvalue weighted by Crippen LogP contribution is -2.34. The van der Waals surface area contributed by atoms with Gasteiger partial charge in [-0.05, 0) is 55.3 Å². The SMILES string of the molecule is O=C(Nc1ccc(F)cc1)c1ccc(Cl)c(S(=O)(=O)NC2CCCCCC2)c1. The zero-order valence-corrected chi connectivity index (χ0v) is 16.8. The van der Waals surface area contributed by atoms with E-state index in [4.69, 9.17) is 11.6 Å². The van der Waals surface area contributed by atoms with Gasteiger partial charge in [-0.25, -0.2) is 17.5 Å². The number of amides is 1. The molecule has 28 heavy (non-hydrogen) atoms. The van der Waals surface area contributed by atoms with Crippen LogP contribution in [0.15, 0.2) is 47.4 Å². The molecule has 5 nitrogen and oxygen atoms in total. The summed E-state index contributed by atoms with van der Waals surface area (Å²) in [6.07, 6.45) is 5.78. The summed E-state index contributed by atoms with van der Waals surface area (Å²) in [7, 11) is -3.85. The fourth-order valence-electron chi connectivity index (χ4n) is 3.27. The predicted octanol–water partition coefficient (Wildman–Crippen LogP) is 4.73. The molecule has 0 aromatic heterocycles. The largest absolute Gasteiger partial charge is 0.322 e. The van der Waals surface area contributed by atoms with Crippen LogP contribution in [0.5, 0.6) is 0 Å². The molecule has 0 heterocycles. The average Bonchev–Trinajstić information content (AvgIpc) is 2.92. The van der Waals surface area contributed by atoms with Gasteiger partial charge in [0.1, 0.15) is 10.7 Å². The lowest BCUT2D eigenvalue weighted by atomic mass is 10.1. The van der Waals surface area contributed by atoms with Crippen molar-refractivity contribution in [1.29, 1.82) is 0 Å². The maximum absolute atomic E-state index is 13.0. The molecule has 0 unspecified atom stereocenters. The quantitative estimate of drug-likeness (QED) is 0.681. The van der Waals surface area contributed by atoms with E-state index in [1.54, 1.807) is 0 Å². The monoisotopic (exact) mass is 424 g/mol. The lowest BCUT2D eigenvalue weighted by molar-refractivity contribution is 0.102. The summed E-state index contributed by atoms with van der Waals surface area (Å²) >= 11 is 6.12. The van der Waals surface area contributed by atoms with Crippen LogP contribution in [-0.2, 0) is 10.0 Å². The molecule has 2 aromatic rings. The summed E-state index contributed by atoms with van der Waals surface area (Å²) in [5.41, 5.74) is 0.553. The molecule has 0 radical (unpaired) electrons. The van der Waals surface area contributed by atoms with E-state index in [1.165, 1.54) is 42.5 Å². The third kappa shape index (κ3) is 5.31. The molecule has 150 valence electrons. The van der Waals surface area contributed by atoms with E-state index in [0.717, 1.165) is 38.5 Å². The molecule has 2 aromatic carbocycles. The van der Waals surface area contributed by atoms with Crippen LogP contribution in [0.2, 0.25) is 5.02 Å². The second kappa shape index (κ2) is 9.03. The van der Waals surface area contributed by atoms with Gasteiger partial charge in [-0.3, -0.25) is 4.79 Å². The van der Waals surface area contributed by atoms with Crippen molar-refractivity contribution in [2.24, 2.45) is 0 Å². The highest BCUT2D eigenvalue weighted by molar-refractivity contribution is 7.89. The molecule has 1 aliphatic carbocycles. The number of anilines is 1. The van der Waals surface area contributed by atoms with Crippen LogP contribution in [0.25, 0.3) is 0 Å². The Balaban J connectivity index is 1.79. The van der Waals surface area contributed by atoms with E-state index in [2.05, 4.69) is 10.0 Å². The molecule has 0 aliphatic heterocycles. The first-order valence-corrected chi connectivity index (χ1v) is 11.1. The summed E-state index contributed by atoms with van der Waals surface area (Å²) in [5.74, 6) is -0.920. The van der Waals surface area contributed by atoms with Crippen molar-refractivity contribution in [3.8, 4) is 0 Å². The fourth-order valence-corrected chi connectivity index (χ4v) is 5.10. The van der Waals surface area contributed by atoms with Crippen molar-refractivity contribution >= 4 is 33.2 Å². The number of sulfonamides is 1. The molecule has 1 fully saturated rings. The van der Waals surface area contributed by atoms with Crippen molar-refractivity contribution in [2.75, 3.05) is 5.32 Å². The molecule has 2 N–H and O–H groups in total. The van der Waals surface area contributed by atoms with Gasteiger partial charge in [-0.2, -0.15) is 0 Å². The zero-order valence-electron chi connectivity index (χ0n) is 15.3. The Morgan fingerprint density at radius 1 is 1.00 bits per heavy atom. The first-order valence-electron chi connectivity index (χ1n) is 9.24. The van der Waals surface area contributed by atoms with E-state index in [1.807, 2.05) is 0 Å². The summed E-state index contributed by atoms with van der Waals surface area (Å²) in [4.78, 5) is 12.3. The molecule has 0 bridgehead atoms. The Morgan fingerprint density at radius 2 is 1.64 bits per heavy atom. The molecule has 8 heteroatoms. The molecule has 3 rings (SSSR count). The molecule has 0 spiro atoms. The molecule has 1 aliphatic rings. The number of halogens is 2. The highest BCUT2D eigenvalue weighted by Gasteiger charge is 2.24. The molecule has 0 atom stereocenters. The number of nitrogens with one attached hydrogen (secondary N) is 2. The number of carbonyl (C=O) groups is 1. The minimum atomic E-state index is -3.85. The smallest absolute Gasteiger partial charge is 0.255 e. The Kier molecular flexibility index (Phi) is 6.69. The number of hydrogen-bond donors (Lipinski definition) is 2. The summed E-state index contributed by atoms with van der Waals surface area (Å²) in [5, 5.41) is 2.66. The van der Waals surface area contributed by atoms with Crippen LogP contribution in [-0.4, -0.2) is 20.4 Å². The van der Waals surface area contributed by atoms with Crippen molar-refractivity contribution in [2.45, 2.75) is 49.5 Å². The Labute approximate surface area is 169 Å². The van der Waals surface area contributed by atoms with E-state index in [9.17, 15) is 17.6 Å². The maximum atomic E-state index is 13.0. The second-order valence-corrected chi connectivity index (χ2v) is 9.01. The van der Waals surface area contributed by atoms with E-state index >= 15 is 0 Å². The number of carbonyl (C=O) groups excluding carboxylic acids is 1. The van der Waals surface area contributed by atoms with E-state index < -0.39 is 21.7 Å². The zero-order chi connectivity index (χ0) is 20.1. The standard InChI is InChI=1S/C20H22ClFN2O3S/c21-18-12-7-14(20(25)23-16-10-8-15(22)9-11-16)13-19(18)28(26,27)24-17-5-3-1-2-4-6-17/h7-13,17,24H,1-6H2,(H,23,25). The molecule has 1 amide bonds. The van der Waals surface area contributed by atoms with Crippen LogP contribution >= 0.6 is 11.6 Å². The topological polar surface area (TPSA) is 75.3 Å². The van der Waals surface area contributed by atoms with Crippen LogP contribution < -0.4 is 10.0 Å². The minimum absolute atomic E-state index is 0.0551. The van der Waals surface area contributed by atoms with E-state index in [0.29, 0.717) is 5.69 Å². The number of benzene rings is 2. The Morgan fingerprint density at radius 3 is 2.29 bits per heavy atom. The van der Waals surface area contributed by atoms with Crippen molar-refractivity contribution in [3.05, 3.63) is 58.9 Å². The average molecular weight is 425 g/mol. The van der Waals surface area contributed by atoms with Gasteiger partial charge in [0.2, 0.25) is 10.0 Å². The van der Waals surface area contributed by atoms with Gasteiger partial charge >= 0.3 is 0 Å². The Hall–Kier alpha value is -1.96. The lowest BCUT2D eigenvalue weighted by Gasteiger charge is -2.17. The molecule has 1 saturated carbocycles. The molecular formula is C20H22ClFN2O3S. The highest BCUT2D eigenvalue weighted by atomic mass is 35.5. The second-order valence-electron chi connectivity index (χ2n) is 6.92. The summed E-state index contributed by atoms with van der Waals surface area (Å²) in [6.45, 7) is 0. The molecular weight excluding hydrogens is 403 g/mol. The van der Waals surface area contributed by atoms with Crippen molar-refractivity contribution < 1.29 is 17.6 Å². The van der Waals surface area contributed by atoms with Gasteiger partial charge in [0.15, 0.2) is 0 Å². The fraction of sp³-hybridized carbons (Fsp3) is 0.350. The van der Waals surface area contributed by atoms with Gasteiger partial charge in [0.05, 0.1) is 5.02 Å². The van der Waals surface area contributed by atoms with Crippen molar-refractivity contribution in [1.82, 2.24) is 4.72 Å². The van der Waals surface area contributed by atoms with Gasteiger partial charge in [-0.15, -0.1) is 0 Å². The van der Waals surface area contributed by atoms with Gasteiger partial charge < -0.3 is 5.32 Å². The summed E-state index contributed by atoms with van der Waals surface area (Å²) in [6, 6.07) is 9.28. The Bertz CT molecular complexity index is 940. The first-order chi connectivity index (χ1) is 13.3. The van der Waals surface area contributed by atoms with Crippen LogP contribution in [0.1, 0.15) is 48.9 Å². The van der Waals surface area contributed by atoms with Crippen LogP contribution in [0, 0.1) is 5.82 Å². The predicted molar refractivity (Wildman–Crippen MR) is 108 cm³/mol. The van der Waals surface area contributed by atoms with Gasteiger partial charge in [-0.1, -0.05) is 37.3 Å². The minimum Gasteiger partial charge on any atom is -0.322 e. The number of hydrogen-bond acceptors (Lipinski definition) is 3. The van der Waals surface area contributed by atoms with Gasteiger partial charge in [0.25, 0.3) is 5.91 Å². The van der Waals surface area contributed by atoms with Crippen LogP contribution in [0.4, 0.5) is 10.1 Å². The third-order valence-corrected chi connectivity index (χ3v) is 6.76. The first kappa shape index (κ1) is 20.8. The van der Waals surface area contributed by atoms with Gasteiger partial charge in [0, 0.05) is 17.3 Å². The summed E-state index contributed by atoms with van der Waals surface area (Å²) < 4.78 is 41.4.